The van der Waals surface area contributed by atoms with Gasteiger partial charge in [0, 0.05) is 23.6 Å². The molecule has 5 nitrogen and oxygen atoms in total. The van der Waals surface area contributed by atoms with Crippen molar-refractivity contribution < 1.29 is 18.7 Å². The number of ether oxygens (including phenoxy) is 1. The third kappa shape index (κ3) is 5.23. The van der Waals surface area contributed by atoms with E-state index in [0.29, 0.717) is 46.4 Å². The van der Waals surface area contributed by atoms with Gasteiger partial charge in [0.05, 0.1) is 18.9 Å². The molecule has 5 aromatic rings. The van der Waals surface area contributed by atoms with Gasteiger partial charge in [-0.05, 0) is 63.8 Å². The Morgan fingerprint density at radius 3 is 2.13 bits per heavy atom. The van der Waals surface area contributed by atoms with Crippen LogP contribution in [0.1, 0.15) is 50.1 Å². The number of aliphatic hydroxyl groups is 1. The molecule has 232 valence electrons. The Morgan fingerprint density at radius 1 is 0.956 bits per heavy atom. The van der Waals surface area contributed by atoms with Crippen LogP contribution in [0.3, 0.4) is 0 Å². The second-order valence-electron chi connectivity index (χ2n) is 13.0. The first kappa shape index (κ1) is 31.0. The number of hydrogen-bond acceptors (Lipinski definition) is 4. The smallest absolute Gasteiger partial charge is 0.261 e. The van der Waals surface area contributed by atoms with Crippen molar-refractivity contribution >= 4 is 29.5 Å². The molecule has 0 saturated heterocycles. The van der Waals surface area contributed by atoms with Crippen LogP contribution < -0.4 is 20.7 Å². The van der Waals surface area contributed by atoms with Gasteiger partial charge in [-0.25, -0.2) is 4.39 Å². The lowest BCUT2D eigenvalue weighted by atomic mass is 9.88. The molecule has 0 spiro atoms. The SMILES string of the molecule is Cc1c(-c2c([C@H](O)CO[Si](c3ccccc3)(c3ccccc3)C(C)(C)C)n(C)c(=O)c3ccccc23)cc(F)c2c1CCCO2. The van der Waals surface area contributed by atoms with E-state index in [1.807, 2.05) is 61.5 Å². The Morgan fingerprint density at radius 2 is 1.53 bits per heavy atom. The molecule has 0 unspecified atom stereocenters. The summed E-state index contributed by atoms with van der Waals surface area (Å²) in [5.74, 6) is -0.138. The molecule has 1 aromatic heterocycles. The highest BCUT2D eigenvalue weighted by atomic mass is 28.4. The molecule has 0 radical (unpaired) electrons. The third-order valence-corrected chi connectivity index (χ3v) is 14.2. The van der Waals surface area contributed by atoms with Gasteiger partial charge < -0.3 is 18.8 Å². The molecular weight excluding hydrogens is 582 g/mol. The summed E-state index contributed by atoms with van der Waals surface area (Å²) < 4.78 is 30.0. The van der Waals surface area contributed by atoms with Gasteiger partial charge in [-0.2, -0.15) is 0 Å². The molecule has 1 N–H and O–H groups in total. The van der Waals surface area contributed by atoms with E-state index in [2.05, 4.69) is 45.0 Å². The summed E-state index contributed by atoms with van der Waals surface area (Å²) in [5.41, 5.74) is 3.16. The van der Waals surface area contributed by atoms with Crippen molar-refractivity contribution in [3.05, 3.63) is 124 Å². The monoisotopic (exact) mass is 621 g/mol. The van der Waals surface area contributed by atoms with E-state index >= 15 is 4.39 Å². The summed E-state index contributed by atoms with van der Waals surface area (Å²) in [6.07, 6.45) is 0.315. The fourth-order valence-electron chi connectivity index (χ4n) is 7.12. The van der Waals surface area contributed by atoms with E-state index in [1.165, 1.54) is 10.6 Å². The molecule has 0 aliphatic carbocycles. The molecule has 1 atom stereocenters. The number of hydrogen-bond donors (Lipinski definition) is 1. The van der Waals surface area contributed by atoms with Crippen LogP contribution in [-0.2, 0) is 17.9 Å². The molecule has 0 saturated carbocycles. The standard InChI is InChI=1S/C38H40FNO4Si/c1-25-28-21-14-22-43-36(28)32(39)23-31(25)34-29-19-12-13-20-30(29)37(42)40(5)35(34)33(41)24-44-45(38(2,3)4,26-15-8-6-9-16-26)27-17-10-7-11-18-27/h6-13,15-20,23,33,41H,14,21-22,24H2,1-5H3/t33-/m1/s1. The molecular formula is C38H40FNO4Si. The maximum Gasteiger partial charge on any atom is 0.261 e. The second kappa shape index (κ2) is 12.0. The van der Waals surface area contributed by atoms with Crippen LogP contribution in [0, 0.1) is 12.7 Å². The van der Waals surface area contributed by atoms with E-state index in [4.69, 9.17) is 9.16 Å². The van der Waals surface area contributed by atoms with Crippen LogP contribution in [-0.4, -0.2) is 31.2 Å². The fraction of sp³-hybridized carbons (Fsp3) is 0.289. The molecule has 0 fully saturated rings. The lowest BCUT2D eigenvalue weighted by Crippen LogP contribution is -2.66. The highest BCUT2D eigenvalue weighted by molar-refractivity contribution is 6.99. The minimum absolute atomic E-state index is 0.0541. The summed E-state index contributed by atoms with van der Waals surface area (Å²) in [7, 11) is -1.32. The lowest BCUT2D eigenvalue weighted by Gasteiger charge is -2.43. The summed E-state index contributed by atoms with van der Waals surface area (Å²) in [6.45, 7) is 8.95. The maximum atomic E-state index is 15.6. The zero-order valence-corrected chi connectivity index (χ0v) is 27.6. The first-order valence-corrected chi connectivity index (χ1v) is 17.5. The molecule has 0 bridgehead atoms. The average Bonchev–Trinajstić information content (AvgIpc) is 3.05. The van der Waals surface area contributed by atoms with Crippen LogP contribution in [0.4, 0.5) is 4.39 Å². The van der Waals surface area contributed by atoms with Crippen LogP contribution in [0.5, 0.6) is 5.75 Å². The predicted octanol–water partition coefficient (Wildman–Crippen LogP) is 6.59. The first-order valence-electron chi connectivity index (χ1n) is 15.6. The van der Waals surface area contributed by atoms with Crippen molar-refractivity contribution in [2.24, 2.45) is 7.05 Å². The van der Waals surface area contributed by atoms with Crippen LogP contribution >= 0.6 is 0 Å². The van der Waals surface area contributed by atoms with Crippen molar-refractivity contribution in [3.63, 3.8) is 0 Å². The molecule has 45 heavy (non-hydrogen) atoms. The maximum absolute atomic E-state index is 15.6. The van der Waals surface area contributed by atoms with E-state index in [-0.39, 0.29) is 17.2 Å². The van der Waals surface area contributed by atoms with Crippen LogP contribution in [0.2, 0.25) is 5.04 Å². The summed E-state index contributed by atoms with van der Waals surface area (Å²) in [6, 6.07) is 29.3. The summed E-state index contributed by atoms with van der Waals surface area (Å²) in [5, 5.41) is 15.2. The minimum atomic E-state index is -2.99. The molecule has 2 heterocycles. The Bertz CT molecular complexity index is 1880. The number of aliphatic hydroxyl groups excluding tert-OH is 1. The Labute approximate surface area is 265 Å². The zero-order valence-electron chi connectivity index (χ0n) is 26.6. The zero-order chi connectivity index (χ0) is 31.9. The Hall–Kier alpha value is -4.04. The first-order chi connectivity index (χ1) is 21.6. The minimum Gasteiger partial charge on any atom is -0.490 e. The number of fused-ring (bicyclic) bond motifs is 2. The van der Waals surface area contributed by atoms with E-state index in [1.54, 1.807) is 13.1 Å². The van der Waals surface area contributed by atoms with Gasteiger partial charge in [0.25, 0.3) is 13.9 Å². The number of pyridine rings is 1. The fourth-order valence-corrected chi connectivity index (χ4v) is 11.7. The van der Waals surface area contributed by atoms with Crippen molar-refractivity contribution in [1.82, 2.24) is 4.57 Å². The van der Waals surface area contributed by atoms with Gasteiger partial charge in [-0.1, -0.05) is 99.6 Å². The number of rotatable bonds is 7. The molecule has 1 aliphatic rings. The number of aromatic nitrogens is 1. The Kier molecular flexibility index (Phi) is 8.29. The van der Waals surface area contributed by atoms with Crippen LogP contribution in [0.25, 0.3) is 21.9 Å². The molecule has 0 amide bonds. The molecule has 6 rings (SSSR count). The van der Waals surface area contributed by atoms with E-state index < -0.39 is 20.2 Å². The van der Waals surface area contributed by atoms with Crippen molar-refractivity contribution in [1.29, 1.82) is 0 Å². The van der Waals surface area contributed by atoms with Crippen molar-refractivity contribution in [2.75, 3.05) is 13.2 Å². The van der Waals surface area contributed by atoms with Crippen molar-refractivity contribution in [3.8, 4) is 16.9 Å². The Balaban J connectivity index is 1.55. The van der Waals surface area contributed by atoms with Gasteiger partial charge >= 0.3 is 0 Å². The molecule has 4 aromatic carbocycles. The van der Waals surface area contributed by atoms with E-state index in [9.17, 15) is 9.90 Å². The summed E-state index contributed by atoms with van der Waals surface area (Å²) >= 11 is 0. The lowest BCUT2D eigenvalue weighted by molar-refractivity contribution is 0.0968. The van der Waals surface area contributed by atoms with Gasteiger partial charge in [0.1, 0.15) is 6.10 Å². The van der Waals surface area contributed by atoms with Gasteiger partial charge in [0.15, 0.2) is 11.6 Å². The second-order valence-corrected chi connectivity index (χ2v) is 17.3. The topological polar surface area (TPSA) is 60.7 Å². The number of benzene rings is 4. The largest absolute Gasteiger partial charge is 0.490 e. The number of halogens is 1. The van der Waals surface area contributed by atoms with Crippen LogP contribution in [0.15, 0.2) is 95.8 Å². The number of nitrogens with zero attached hydrogens (tertiary/aromatic N) is 1. The highest BCUT2D eigenvalue weighted by Gasteiger charge is 2.50. The average molecular weight is 622 g/mol. The predicted molar refractivity (Wildman–Crippen MR) is 182 cm³/mol. The molecule has 1 aliphatic heterocycles. The van der Waals surface area contributed by atoms with Gasteiger partial charge in [-0.3, -0.25) is 4.79 Å². The third-order valence-electron chi connectivity index (χ3n) is 9.24. The quantitative estimate of drug-likeness (QED) is 0.209. The van der Waals surface area contributed by atoms with Crippen molar-refractivity contribution in [2.45, 2.75) is 51.7 Å². The van der Waals surface area contributed by atoms with Gasteiger partial charge in [-0.15, -0.1) is 0 Å². The highest BCUT2D eigenvalue weighted by Crippen LogP contribution is 2.43. The van der Waals surface area contributed by atoms with E-state index in [0.717, 1.165) is 27.9 Å². The summed E-state index contributed by atoms with van der Waals surface area (Å²) in [4.78, 5) is 13.8. The van der Waals surface area contributed by atoms with Gasteiger partial charge in [0.2, 0.25) is 0 Å². The normalized spacial score (nSPS) is 14.2. The molecule has 7 heteroatoms.